The van der Waals surface area contributed by atoms with Crippen molar-refractivity contribution in [3.63, 3.8) is 0 Å². The van der Waals surface area contributed by atoms with E-state index in [9.17, 15) is 5.21 Å². The first-order chi connectivity index (χ1) is 21.0. The minimum Gasteiger partial charge on any atom is -0.633 e. The van der Waals surface area contributed by atoms with Crippen molar-refractivity contribution in [2.75, 3.05) is 60.1 Å². The van der Waals surface area contributed by atoms with Crippen molar-refractivity contribution < 1.29 is 19.3 Å². The van der Waals surface area contributed by atoms with Gasteiger partial charge in [0, 0.05) is 55.7 Å². The molecule has 0 aliphatic carbocycles. The zero-order valence-electron chi connectivity index (χ0n) is 27.0. The molecule has 0 amide bonds. The number of methoxy groups -OCH3 is 2. The fourth-order valence-corrected chi connectivity index (χ4v) is 7.95. The lowest BCUT2D eigenvalue weighted by Crippen LogP contribution is -3.14. The Labute approximate surface area is 286 Å². The van der Waals surface area contributed by atoms with Crippen LogP contribution < -0.4 is 19.3 Å². The minimum atomic E-state index is -0.622. The van der Waals surface area contributed by atoms with Gasteiger partial charge in [0.05, 0.1) is 26.4 Å². The molecule has 0 aromatic heterocycles. The molecule has 5 rings (SSSR count). The van der Waals surface area contributed by atoms with Crippen LogP contribution in [0.1, 0.15) is 55.8 Å². The minimum absolute atomic E-state index is 0. The van der Waals surface area contributed by atoms with Crippen LogP contribution in [0.4, 0.5) is 0 Å². The fourth-order valence-electron chi connectivity index (χ4n) is 6.36. The number of unbranched alkanes of at least 4 members (excludes halogenated alkanes) is 1. The van der Waals surface area contributed by atoms with E-state index in [-0.39, 0.29) is 35.9 Å². The van der Waals surface area contributed by atoms with E-state index >= 15 is 0 Å². The van der Waals surface area contributed by atoms with Gasteiger partial charge >= 0.3 is 0 Å². The number of ether oxygens (including phenoxy) is 3. The molecule has 7 nitrogen and oxygen atoms in total. The Balaban J connectivity index is 0.00000276. The number of fused-ring (bicyclic) bond motifs is 1. The van der Waals surface area contributed by atoms with Gasteiger partial charge in [-0.3, -0.25) is 0 Å². The van der Waals surface area contributed by atoms with Gasteiger partial charge in [-0.1, -0.05) is 49.0 Å². The number of thioether (sulfide) groups is 1. The fraction of sp³-hybridized carbons (Fsp3) is 0.486. The quantitative estimate of drug-likeness (QED) is 0.166. The van der Waals surface area contributed by atoms with Crippen LogP contribution in [-0.2, 0) is 11.3 Å². The molecule has 10 heteroatoms. The number of halogens is 2. The lowest BCUT2D eigenvalue weighted by Gasteiger charge is -2.49. The highest BCUT2D eigenvalue weighted by Gasteiger charge is 2.47. The molecule has 3 unspecified atom stereocenters. The number of hydrogen-bond donors (Lipinski definition) is 1. The average molecular weight is 679 g/mol. The number of rotatable bonds is 13. The van der Waals surface area contributed by atoms with E-state index in [1.165, 1.54) is 10.5 Å². The van der Waals surface area contributed by atoms with Crippen LogP contribution in [0.15, 0.2) is 71.6 Å². The first kappa shape index (κ1) is 37.3. The molecule has 2 aliphatic heterocycles. The van der Waals surface area contributed by atoms with E-state index in [0.717, 1.165) is 93.3 Å². The molecule has 0 bridgehead atoms. The maximum absolute atomic E-state index is 13.8. The first-order valence-electron chi connectivity index (χ1n) is 15.7. The molecule has 1 saturated heterocycles. The molecule has 3 aromatic rings. The van der Waals surface area contributed by atoms with Crippen LogP contribution in [0.5, 0.6) is 17.2 Å². The number of hydroxylamine groups is 2. The second kappa shape index (κ2) is 17.7. The van der Waals surface area contributed by atoms with Crippen molar-refractivity contribution in [3.8, 4) is 17.2 Å². The number of quaternary nitrogens is 1. The van der Waals surface area contributed by atoms with Crippen LogP contribution >= 0.6 is 36.6 Å². The van der Waals surface area contributed by atoms with E-state index in [1.54, 1.807) is 26.0 Å². The van der Waals surface area contributed by atoms with Crippen molar-refractivity contribution >= 4 is 36.6 Å². The van der Waals surface area contributed by atoms with Crippen molar-refractivity contribution in [2.24, 2.45) is 0 Å². The van der Waals surface area contributed by atoms with Gasteiger partial charge in [-0.25, -0.2) is 0 Å². The van der Waals surface area contributed by atoms with Crippen molar-refractivity contribution in [3.05, 3.63) is 88.6 Å². The second-order valence-electron chi connectivity index (χ2n) is 11.6. The smallest absolute Gasteiger partial charge is 0.178 e. The van der Waals surface area contributed by atoms with Gasteiger partial charge in [-0.2, -0.15) is 0 Å². The molecule has 0 spiro atoms. The Morgan fingerprint density at radius 1 is 0.867 bits per heavy atom. The maximum Gasteiger partial charge on any atom is 0.178 e. The Morgan fingerprint density at radius 2 is 1.49 bits per heavy atom. The Kier molecular flexibility index (Phi) is 14.6. The molecule has 2 heterocycles. The van der Waals surface area contributed by atoms with Crippen molar-refractivity contribution in [1.29, 1.82) is 0 Å². The van der Waals surface area contributed by atoms with Crippen LogP contribution in [-0.4, -0.2) is 69.9 Å². The van der Waals surface area contributed by atoms with E-state index in [0.29, 0.717) is 6.61 Å². The van der Waals surface area contributed by atoms with Gasteiger partial charge in [0.2, 0.25) is 0 Å². The molecule has 248 valence electrons. The molecule has 0 saturated carbocycles. The monoisotopic (exact) mass is 677 g/mol. The number of para-hydroxylation sites is 1. The first-order valence-corrected chi connectivity index (χ1v) is 16.5. The SMILES string of the molecule is CCC1(c2ccccc2OCCCCN2CCN(CCc3cc(OC)cc(OC)c3)CC2)Sc2ccccc2C(C)[NH+]1[O-].Cl.Cl. The molecule has 45 heavy (non-hydrogen) atoms. The summed E-state index contributed by atoms with van der Waals surface area (Å²) in [6, 6.07) is 22.5. The Morgan fingerprint density at radius 3 is 2.16 bits per heavy atom. The zero-order chi connectivity index (χ0) is 30.2. The molecule has 2 aliphatic rings. The van der Waals surface area contributed by atoms with Crippen molar-refractivity contribution in [2.45, 2.75) is 55.3 Å². The standard InChI is InChI=1S/C35H47N3O4S.2ClH/c1-5-35(38(39)27(2)31-12-6-9-15-34(31)43-35)32-13-7-8-14-33(32)42-23-11-10-17-36-19-21-37(22-20-36)18-16-28-24-29(40-3)26-30(25-28)41-4;;/h6-9,12-15,24-27,38H,5,10-11,16-23H2,1-4H3;2*1H. The number of piperazine rings is 1. The van der Waals surface area contributed by atoms with Gasteiger partial charge in [0.15, 0.2) is 4.87 Å². The molecule has 1 N–H and O–H groups in total. The molecule has 3 aromatic carbocycles. The highest BCUT2D eigenvalue weighted by atomic mass is 35.5. The van der Waals surface area contributed by atoms with Gasteiger partial charge < -0.3 is 34.3 Å². The molecule has 0 radical (unpaired) electrons. The predicted octanol–water partition coefficient (Wildman–Crippen LogP) is 6.38. The Bertz CT molecular complexity index is 1320. The summed E-state index contributed by atoms with van der Waals surface area (Å²) in [7, 11) is 3.39. The second-order valence-corrected chi connectivity index (χ2v) is 13.0. The summed E-state index contributed by atoms with van der Waals surface area (Å²) in [5.74, 6) is 2.54. The van der Waals surface area contributed by atoms with E-state index in [4.69, 9.17) is 14.2 Å². The van der Waals surface area contributed by atoms with Crippen LogP contribution in [0.3, 0.4) is 0 Å². The largest absolute Gasteiger partial charge is 0.633 e. The number of nitrogens with one attached hydrogen (secondary N) is 1. The Hall–Kier alpha value is -2.17. The summed E-state index contributed by atoms with van der Waals surface area (Å²) in [6.07, 6.45) is 3.81. The van der Waals surface area contributed by atoms with E-state index in [2.05, 4.69) is 53.1 Å². The normalized spacial score (nSPS) is 21.6. The third-order valence-corrected chi connectivity index (χ3v) is 10.7. The summed E-state index contributed by atoms with van der Waals surface area (Å²) in [4.78, 5) is 5.70. The van der Waals surface area contributed by atoms with E-state index in [1.807, 2.05) is 37.3 Å². The lowest BCUT2D eigenvalue weighted by molar-refractivity contribution is -0.925. The third-order valence-electron chi connectivity index (χ3n) is 9.00. The third kappa shape index (κ3) is 8.80. The summed E-state index contributed by atoms with van der Waals surface area (Å²) >= 11 is 1.70. The van der Waals surface area contributed by atoms with Crippen molar-refractivity contribution in [1.82, 2.24) is 9.80 Å². The summed E-state index contributed by atoms with van der Waals surface area (Å²) in [5, 5.41) is 14.1. The van der Waals surface area contributed by atoms with Gasteiger partial charge in [0.1, 0.15) is 23.3 Å². The molecule has 1 fully saturated rings. The highest BCUT2D eigenvalue weighted by molar-refractivity contribution is 8.00. The molecular formula is C35H49Cl2N3O4S. The number of nitrogens with zero attached hydrogens (tertiary/aromatic N) is 2. The molecular weight excluding hydrogens is 629 g/mol. The van der Waals surface area contributed by atoms with E-state index < -0.39 is 4.87 Å². The van der Waals surface area contributed by atoms with Crippen LogP contribution in [0.25, 0.3) is 0 Å². The summed E-state index contributed by atoms with van der Waals surface area (Å²) in [5.41, 5.74) is 3.39. The maximum atomic E-state index is 13.8. The van der Waals surface area contributed by atoms with Crippen LogP contribution in [0, 0.1) is 5.21 Å². The number of hydrogen-bond acceptors (Lipinski definition) is 7. The summed E-state index contributed by atoms with van der Waals surface area (Å²) < 4.78 is 17.2. The lowest BCUT2D eigenvalue weighted by atomic mass is 9.98. The predicted molar refractivity (Wildman–Crippen MR) is 189 cm³/mol. The topological polar surface area (TPSA) is 61.7 Å². The van der Waals surface area contributed by atoms with Crippen LogP contribution in [0.2, 0.25) is 0 Å². The highest BCUT2D eigenvalue weighted by Crippen LogP contribution is 2.48. The zero-order valence-corrected chi connectivity index (χ0v) is 29.4. The summed E-state index contributed by atoms with van der Waals surface area (Å²) in [6.45, 7) is 11.4. The number of benzene rings is 3. The molecule has 3 atom stereocenters. The average Bonchev–Trinajstić information content (AvgIpc) is 3.06. The van der Waals surface area contributed by atoms with Gasteiger partial charge in [0.25, 0.3) is 0 Å². The van der Waals surface area contributed by atoms with Gasteiger partial charge in [-0.05, 0) is 68.6 Å². The van der Waals surface area contributed by atoms with Gasteiger partial charge in [-0.15, -0.1) is 24.8 Å².